The largest absolute Gasteiger partial charge is 0.328 e. The summed E-state index contributed by atoms with van der Waals surface area (Å²) in [7, 11) is 0. The summed E-state index contributed by atoms with van der Waals surface area (Å²) in [6.45, 7) is 10.7. The van der Waals surface area contributed by atoms with Crippen LogP contribution >= 0.6 is 22.9 Å². The maximum absolute atomic E-state index is 13.0. The van der Waals surface area contributed by atoms with Crippen molar-refractivity contribution in [2.75, 3.05) is 18.4 Å². The normalized spacial score (nSPS) is 11.6. The Hall–Kier alpha value is -2.64. The van der Waals surface area contributed by atoms with Gasteiger partial charge in [0.15, 0.2) is 0 Å². The number of rotatable bonds is 7. The van der Waals surface area contributed by atoms with Gasteiger partial charge in [0.25, 0.3) is 5.91 Å². The molecule has 170 valence electrons. The van der Waals surface area contributed by atoms with E-state index < -0.39 is 0 Å². The maximum atomic E-state index is 13.0. The van der Waals surface area contributed by atoms with Gasteiger partial charge in [0.2, 0.25) is 5.91 Å². The first kappa shape index (κ1) is 24.0. The van der Waals surface area contributed by atoms with Gasteiger partial charge in [-0.3, -0.25) is 9.59 Å². The number of hydrogen-bond acceptors (Lipinski definition) is 4. The number of carbonyl (C=O) groups is 2. The lowest BCUT2D eigenvalue weighted by Gasteiger charge is -2.23. The molecule has 0 fully saturated rings. The average molecular weight is 473 g/mol. The lowest BCUT2D eigenvalue weighted by Crippen LogP contribution is -2.40. The zero-order valence-electron chi connectivity index (χ0n) is 19.1. The minimum atomic E-state index is -0.288. The van der Waals surface area contributed by atoms with Crippen molar-refractivity contribution in [1.82, 2.24) is 14.7 Å². The van der Waals surface area contributed by atoms with Gasteiger partial charge in [-0.05, 0) is 29.5 Å². The predicted molar refractivity (Wildman–Crippen MR) is 131 cm³/mol. The molecule has 2 aromatic heterocycles. The molecule has 0 radical (unpaired) electrons. The van der Waals surface area contributed by atoms with Gasteiger partial charge in [0.1, 0.15) is 12.4 Å². The molecule has 3 aromatic rings. The van der Waals surface area contributed by atoms with E-state index in [9.17, 15) is 9.59 Å². The molecule has 0 bridgehead atoms. The lowest BCUT2D eigenvalue weighted by atomic mass is 9.92. The molecule has 0 saturated heterocycles. The minimum Gasteiger partial charge on any atom is -0.328 e. The number of aromatic nitrogens is 2. The van der Waals surface area contributed by atoms with E-state index in [1.807, 2.05) is 49.6 Å². The fraction of sp³-hybridized carbons (Fsp3) is 0.375. The number of amides is 2. The molecule has 1 aromatic carbocycles. The van der Waals surface area contributed by atoms with Crippen LogP contribution in [0.25, 0.3) is 5.69 Å². The molecule has 0 aliphatic heterocycles. The highest BCUT2D eigenvalue weighted by Crippen LogP contribution is 2.29. The van der Waals surface area contributed by atoms with Crippen molar-refractivity contribution < 1.29 is 9.59 Å². The van der Waals surface area contributed by atoms with Gasteiger partial charge in [0.05, 0.1) is 21.3 Å². The molecule has 0 aliphatic carbocycles. The highest BCUT2D eigenvalue weighted by Gasteiger charge is 2.24. The maximum Gasteiger partial charge on any atom is 0.264 e. The van der Waals surface area contributed by atoms with E-state index in [-0.39, 0.29) is 29.7 Å². The second kappa shape index (κ2) is 9.88. The number of thiophene rings is 1. The fourth-order valence-electron chi connectivity index (χ4n) is 3.22. The van der Waals surface area contributed by atoms with Crippen LogP contribution in [-0.2, 0) is 10.2 Å². The van der Waals surface area contributed by atoms with E-state index in [2.05, 4.69) is 26.1 Å². The number of nitrogens with one attached hydrogen (secondary N) is 1. The molecule has 6 nitrogen and oxygen atoms in total. The summed E-state index contributed by atoms with van der Waals surface area (Å²) in [6.07, 6.45) is 0. The third-order valence-corrected chi connectivity index (χ3v) is 5.94. The van der Waals surface area contributed by atoms with Crippen molar-refractivity contribution in [3.8, 4) is 5.69 Å². The molecule has 0 unspecified atom stereocenters. The van der Waals surface area contributed by atoms with Crippen LogP contribution in [-0.4, -0.2) is 39.6 Å². The zero-order valence-corrected chi connectivity index (χ0v) is 20.6. The second-order valence-electron chi connectivity index (χ2n) is 9.13. The van der Waals surface area contributed by atoms with Crippen LogP contribution in [0.4, 0.5) is 5.82 Å². The fourth-order valence-corrected chi connectivity index (χ4v) is 4.12. The van der Waals surface area contributed by atoms with Crippen LogP contribution in [0, 0.1) is 5.92 Å². The smallest absolute Gasteiger partial charge is 0.264 e. The first-order valence-corrected chi connectivity index (χ1v) is 11.8. The molecule has 0 aliphatic rings. The van der Waals surface area contributed by atoms with E-state index in [1.54, 1.807) is 21.7 Å². The Morgan fingerprint density at radius 1 is 1.19 bits per heavy atom. The van der Waals surface area contributed by atoms with E-state index in [0.29, 0.717) is 27.9 Å². The summed E-state index contributed by atoms with van der Waals surface area (Å²) in [5.74, 6) is 0.317. The number of benzene rings is 1. The van der Waals surface area contributed by atoms with Crippen molar-refractivity contribution in [1.29, 1.82) is 0 Å². The molecule has 2 amide bonds. The Labute approximate surface area is 198 Å². The third-order valence-electron chi connectivity index (χ3n) is 4.77. The van der Waals surface area contributed by atoms with Gasteiger partial charge in [-0.1, -0.05) is 64.4 Å². The summed E-state index contributed by atoms with van der Waals surface area (Å²) in [4.78, 5) is 28.2. The number of carbonyl (C=O) groups excluding carboxylic acids is 2. The van der Waals surface area contributed by atoms with E-state index in [0.717, 1.165) is 5.69 Å². The summed E-state index contributed by atoms with van der Waals surface area (Å²) in [6, 6.07) is 12.8. The second-order valence-corrected chi connectivity index (χ2v) is 10.5. The van der Waals surface area contributed by atoms with E-state index in [1.165, 1.54) is 11.3 Å². The highest BCUT2D eigenvalue weighted by molar-refractivity contribution is 7.12. The van der Waals surface area contributed by atoms with Crippen LogP contribution in [0.3, 0.4) is 0 Å². The molecule has 2 heterocycles. The summed E-state index contributed by atoms with van der Waals surface area (Å²) >= 11 is 7.78. The van der Waals surface area contributed by atoms with Gasteiger partial charge in [-0.25, -0.2) is 4.68 Å². The van der Waals surface area contributed by atoms with Crippen LogP contribution in [0.2, 0.25) is 5.02 Å². The number of hydrogen-bond donors (Lipinski definition) is 1. The van der Waals surface area contributed by atoms with E-state index >= 15 is 0 Å². The Kier molecular flexibility index (Phi) is 7.41. The summed E-state index contributed by atoms with van der Waals surface area (Å²) in [5, 5.41) is 10.0. The average Bonchev–Trinajstić information content (AvgIpc) is 3.37. The Morgan fingerprint density at radius 3 is 2.50 bits per heavy atom. The van der Waals surface area contributed by atoms with Gasteiger partial charge in [-0.15, -0.1) is 11.3 Å². The molecule has 0 spiro atoms. The molecule has 0 atom stereocenters. The lowest BCUT2D eigenvalue weighted by molar-refractivity contribution is -0.117. The number of halogens is 1. The minimum absolute atomic E-state index is 0.0481. The summed E-state index contributed by atoms with van der Waals surface area (Å²) < 4.78 is 1.65. The first-order chi connectivity index (χ1) is 15.1. The van der Waals surface area contributed by atoms with Crippen LogP contribution in [0.5, 0.6) is 0 Å². The molecule has 8 heteroatoms. The molecule has 1 N–H and O–H groups in total. The van der Waals surface area contributed by atoms with Gasteiger partial charge in [-0.2, -0.15) is 5.10 Å². The Balaban J connectivity index is 1.88. The van der Waals surface area contributed by atoms with Crippen molar-refractivity contribution in [2.45, 2.75) is 40.0 Å². The topological polar surface area (TPSA) is 67.2 Å². The van der Waals surface area contributed by atoms with Crippen LogP contribution < -0.4 is 5.32 Å². The van der Waals surface area contributed by atoms with Gasteiger partial charge < -0.3 is 10.2 Å². The predicted octanol–water partition coefficient (Wildman–Crippen LogP) is 5.62. The Bertz CT molecular complexity index is 1080. The van der Waals surface area contributed by atoms with Crippen LogP contribution in [0.15, 0.2) is 47.8 Å². The standard InChI is InChI=1S/C24H29ClN4O2S/c1-16(2)14-28(23(31)19-11-8-12-32-19)15-22(30)26-21-13-20(24(3,4)5)27-29(21)18-10-7-6-9-17(18)25/h6-13,16H,14-15H2,1-5H3,(H,26,30). The number of para-hydroxylation sites is 1. The molecule has 0 saturated carbocycles. The van der Waals surface area contributed by atoms with Gasteiger partial charge >= 0.3 is 0 Å². The van der Waals surface area contributed by atoms with Gasteiger partial charge in [0, 0.05) is 18.0 Å². The zero-order chi connectivity index (χ0) is 23.5. The number of anilines is 1. The Morgan fingerprint density at radius 2 is 1.91 bits per heavy atom. The molecular formula is C24H29ClN4O2S. The monoisotopic (exact) mass is 472 g/mol. The van der Waals surface area contributed by atoms with Crippen molar-refractivity contribution in [3.63, 3.8) is 0 Å². The highest BCUT2D eigenvalue weighted by atomic mass is 35.5. The molecule has 3 rings (SSSR count). The summed E-state index contributed by atoms with van der Waals surface area (Å²) in [5.41, 5.74) is 1.28. The van der Waals surface area contributed by atoms with Crippen molar-refractivity contribution in [2.24, 2.45) is 5.92 Å². The van der Waals surface area contributed by atoms with Crippen LogP contribution in [0.1, 0.15) is 50.0 Å². The SMILES string of the molecule is CC(C)CN(CC(=O)Nc1cc(C(C)(C)C)nn1-c1ccccc1Cl)C(=O)c1cccs1. The molecular weight excluding hydrogens is 444 g/mol. The van der Waals surface area contributed by atoms with E-state index in [4.69, 9.17) is 16.7 Å². The molecule has 32 heavy (non-hydrogen) atoms. The number of nitrogens with zero attached hydrogens (tertiary/aromatic N) is 3. The first-order valence-electron chi connectivity index (χ1n) is 10.5. The van der Waals surface area contributed by atoms with Crippen molar-refractivity contribution >= 4 is 40.6 Å². The van der Waals surface area contributed by atoms with Crippen molar-refractivity contribution in [3.05, 3.63) is 63.4 Å². The quantitative estimate of drug-likeness (QED) is 0.485. The third kappa shape index (κ3) is 5.78.